The van der Waals surface area contributed by atoms with E-state index in [2.05, 4.69) is 15.9 Å². The minimum atomic E-state index is -1.03. The van der Waals surface area contributed by atoms with Crippen molar-refractivity contribution in [3.05, 3.63) is 46.0 Å². The van der Waals surface area contributed by atoms with Crippen molar-refractivity contribution < 1.29 is 14.9 Å². The maximum atomic E-state index is 10.7. The summed E-state index contributed by atoms with van der Waals surface area (Å²) < 4.78 is 6.69. The molecule has 0 spiro atoms. The molecule has 0 saturated heterocycles. The molecule has 0 bridgehead atoms. The molecule has 0 radical (unpaired) electrons. The zero-order valence-electron chi connectivity index (χ0n) is 11.8. The monoisotopic (exact) mass is 340 g/mol. The number of hydrogen-bond donors (Lipinski definition) is 2. The van der Waals surface area contributed by atoms with Crippen LogP contribution >= 0.6 is 15.9 Å². The minimum absolute atomic E-state index is 0.0513. The summed E-state index contributed by atoms with van der Waals surface area (Å²) in [6, 6.07) is 9.98. The Kier molecular flexibility index (Phi) is 5.02. The first-order valence-electron chi connectivity index (χ1n) is 6.84. The Morgan fingerprint density at radius 1 is 1.40 bits per heavy atom. The highest BCUT2D eigenvalue weighted by atomic mass is 79.9. The molecule has 0 aliphatic heterocycles. The second-order valence-electron chi connectivity index (χ2n) is 5.49. The summed E-state index contributed by atoms with van der Waals surface area (Å²) in [5.74, 6) is -0.225. The number of aliphatic hydroxyl groups is 2. The number of benzene rings is 1. The van der Waals surface area contributed by atoms with Gasteiger partial charge < -0.3 is 14.9 Å². The molecular weight excluding hydrogens is 320 g/mol. The van der Waals surface area contributed by atoms with Crippen molar-refractivity contribution in [2.24, 2.45) is 5.92 Å². The molecule has 2 rings (SSSR count). The van der Waals surface area contributed by atoms with E-state index in [4.69, 9.17) is 4.74 Å². The van der Waals surface area contributed by atoms with E-state index < -0.39 is 5.60 Å². The van der Waals surface area contributed by atoms with Crippen LogP contribution in [-0.4, -0.2) is 28.5 Å². The molecule has 2 N–H and O–H groups in total. The second kappa shape index (κ2) is 6.39. The zero-order chi connectivity index (χ0) is 14.8. The van der Waals surface area contributed by atoms with Crippen LogP contribution in [0.1, 0.15) is 25.8 Å². The summed E-state index contributed by atoms with van der Waals surface area (Å²) in [5.41, 5.74) is 1.09. The van der Waals surface area contributed by atoms with Crippen molar-refractivity contribution >= 4 is 15.9 Å². The summed E-state index contributed by atoms with van der Waals surface area (Å²) in [7, 11) is 0. The predicted octanol–water partition coefficient (Wildman–Crippen LogP) is 3.00. The maximum Gasteiger partial charge on any atom is 0.104 e. The fourth-order valence-electron chi connectivity index (χ4n) is 2.53. The van der Waals surface area contributed by atoms with E-state index in [1.165, 1.54) is 0 Å². The Balaban J connectivity index is 2.05. The van der Waals surface area contributed by atoms with Crippen molar-refractivity contribution in [3.8, 4) is 0 Å². The van der Waals surface area contributed by atoms with Crippen LogP contribution in [-0.2, 0) is 11.3 Å². The molecule has 1 aromatic carbocycles. The SMILES string of the molecule is CC1=C(Br)[C@@](O)([C@H](C)CO)C[C@@H]1OCc1ccccc1. The van der Waals surface area contributed by atoms with Gasteiger partial charge in [0.1, 0.15) is 5.60 Å². The Labute approximate surface area is 128 Å². The fourth-order valence-corrected chi connectivity index (χ4v) is 3.34. The van der Waals surface area contributed by atoms with E-state index in [-0.39, 0.29) is 18.6 Å². The average Bonchev–Trinajstić information content (AvgIpc) is 2.70. The van der Waals surface area contributed by atoms with Gasteiger partial charge in [0.05, 0.1) is 12.7 Å². The maximum absolute atomic E-state index is 10.7. The lowest BCUT2D eigenvalue weighted by atomic mass is 9.88. The molecule has 3 nitrogen and oxygen atoms in total. The molecule has 0 unspecified atom stereocenters. The predicted molar refractivity (Wildman–Crippen MR) is 82.5 cm³/mol. The molecule has 4 heteroatoms. The number of aliphatic hydroxyl groups excluding tert-OH is 1. The molecule has 0 saturated carbocycles. The van der Waals surface area contributed by atoms with Crippen LogP contribution in [0.2, 0.25) is 0 Å². The first-order valence-corrected chi connectivity index (χ1v) is 7.64. The van der Waals surface area contributed by atoms with Gasteiger partial charge in [0, 0.05) is 23.4 Å². The highest BCUT2D eigenvalue weighted by Gasteiger charge is 2.46. The molecule has 0 aromatic heterocycles. The van der Waals surface area contributed by atoms with Gasteiger partial charge in [0.2, 0.25) is 0 Å². The minimum Gasteiger partial charge on any atom is -0.396 e. The van der Waals surface area contributed by atoms with Gasteiger partial charge in [0.25, 0.3) is 0 Å². The molecule has 110 valence electrons. The molecule has 1 aliphatic rings. The molecule has 1 aliphatic carbocycles. The molecule has 0 heterocycles. The normalized spacial score (nSPS) is 27.9. The Hall–Kier alpha value is -0.680. The van der Waals surface area contributed by atoms with E-state index in [1.807, 2.05) is 44.2 Å². The van der Waals surface area contributed by atoms with E-state index in [1.54, 1.807) is 0 Å². The Bertz CT molecular complexity index is 486. The highest BCUT2D eigenvalue weighted by molar-refractivity contribution is 9.11. The Morgan fingerprint density at radius 3 is 2.65 bits per heavy atom. The molecule has 0 fully saturated rings. The molecule has 1 aromatic rings. The lowest BCUT2D eigenvalue weighted by Gasteiger charge is -2.30. The van der Waals surface area contributed by atoms with E-state index in [9.17, 15) is 10.2 Å². The van der Waals surface area contributed by atoms with E-state index in [0.29, 0.717) is 13.0 Å². The number of hydrogen-bond acceptors (Lipinski definition) is 3. The lowest BCUT2D eigenvalue weighted by molar-refractivity contribution is -0.0299. The van der Waals surface area contributed by atoms with Crippen molar-refractivity contribution in [2.75, 3.05) is 6.61 Å². The van der Waals surface area contributed by atoms with Crippen LogP contribution in [0.3, 0.4) is 0 Å². The third kappa shape index (κ3) is 2.98. The van der Waals surface area contributed by atoms with Crippen LogP contribution in [0.5, 0.6) is 0 Å². The first kappa shape index (κ1) is 15.7. The summed E-state index contributed by atoms with van der Waals surface area (Å²) in [6.45, 7) is 4.27. The summed E-state index contributed by atoms with van der Waals surface area (Å²) in [5, 5.41) is 20.0. The number of ether oxygens (including phenoxy) is 1. The van der Waals surface area contributed by atoms with Crippen LogP contribution in [0, 0.1) is 5.92 Å². The van der Waals surface area contributed by atoms with Gasteiger partial charge in [-0.1, -0.05) is 53.2 Å². The van der Waals surface area contributed by atoms with Crippen molar-refractivity contribution in [3.63, 3.8) is 0 Å². The van der Waals surface area contributed by atoms with Crippen molar-refractivity contribution in [1.29, 1.82) is 0 Å². The topological polar surface area (TPSA) is 49.7 Å². The van der Waals surface area contributed by atoms with E-state index in [0.717, 1.165) is 15.6 Å². The summed E-state index contributed by atoms with van der Waals surface area (Å²) in [6.07, 6.45) is 0.358. The third-order valence-electron chi connectivity index (χ3n) is 4.09. The van der Waals surface area contributed by atoms with Gasteiger partial charge >= 0.3 is 0 Å². The summed E-state index contributed by atoms with van der Waals surface area (Å²) >= 11 is 3.47. The van der Waals surface area contributed by atoms with Crippen molar-refractivity contribution in [1.82, 2.24) is 0 Å². The highest BCUT2D eigenvalue weighted by Crippen LogP contribution is 2.45. The van der Waals surface area contributed by atoms with Crippen LogP contribution in [0.15, 0.2) is 40.4 Å². The van der Waals surface area contributed by atoms with Gasteiger partial charge in [-0.15, -0.1) is 0 Å². The van der Waals surface area contributed by atoms with Crippen molar-refractivity contribution in [2.45, 2.75) is 38.6 Å². The molecular formula is C16H21BrO3. The van der Waals surface area contributed by atoms with Crippen LogP contribution in [0.25, 0.3) is 0 Å². The molecule has 0 amide bonds. The second-order valence-corrected chi connectivity index (χ2v) is 6.29. The van der Waals surface area contributed by atoms with Gasteiger partial charge in [-0.05, 0) is 18.1 Å². The Morgan fingerprint density at radius 2 is 2.05 bits per heavy atom. The summed E-state index contributed by atoms with van der Waals surface area (Å²) in [4.78, 5) is 0. The van der Waals surface area contributed by atoms with Gasteiger partial charge in [-0.25, -0.2) is 0 Å². The first-order chi connectivity index (χ1) is 9.49. The van der Waals surface area contributed by atoms with Gasteiger partial charge in [0.15, 0.2) is 0 Å². The van der Waals surface area contributed by atoms with Crippen LogP contribution < -0.4 is 0 Å². The quantitative estimate of drug-likeness (QED) is 0.866. The molecule has 20 heavy (non-hydrogen) atoms. The zero-order valence-corrected chi connectivity index (χ0v) is 13.4. The van der Waals surface area contributed by atoms with Gasteiger partial charge in [-0.3, -0.25) is 0 Å². The fraction of sp³-hybridized carbons (Fsp3) is 0.500. The average molecular weight is 341 g/mol. The van der Waals surface area contributed by atoms with Crippen LogP contribution in [0.4, 0.5) is 0 Å². The van der Waals surface area contributed by atoms with Gasteiger partial charge in [-0.2, -0.15) is 0 Å². The number of halogens is 1. The standard InChI is InChI=1S/C16H21BrO3/c1-11(9-18)16(19)8-14(12(2)15(16)17)20-10-13-6-4-3-5-7-13/h3-7,11,14,18-19H,8-10H2,1-2H3/t11-,14+,16+/m1/s1. The molecule has 3 atom stereocenters. The lowest BCUT2D eigenvalue weighted by Crippen LogP contribution is -2.38. The van der Waals surface area contributed by atoms with E-state index >= 15 is 0 Å². The third-order valence-corrected chi connectivity index (χ3v) is 5.40. The smallest absolute Gasteiger partial charge is 0.104 e. The largest absolute Gasteiger partial charge is 0.396 e. The number of rotatable bonds is 5.